The molecule has 0 radical (unpaired) electrons. The van der Waals surface area contributed by atoms with Gasteiger partial charge >= 0.3 is 0 Å². The molecule has 0 aromatic heterocycles. The molecule has 0 heteroatoms. The molecule has 1 rings (SSSR count). The Kier molecular flexibility index (Phi) is 3.17. The summed E-state index contributed by atoms with van der Waals surface area (Å²) in [4.78, 5) is 0. The summed E-state index contributed by atoms with van der Waals surface area (Å²) in [5.41, 5.74) is 2.83. The van der Waals surface area contributed by atoms with E-state index >= 15 is 0 Å². The van der Waals surface area contributed by atoms with E-state index < -0.39 is 0 Å². The van der Waals surface area contributed by atoms with E-state index in [1.54, 1.807) is 5.57 Å². The summed E-state index contributed by atoms with van der Waals surface area (Å²) in [5, 5.41) is 0. The Morgan fingerprint density at radius 1 is 1.25 bits per heavy atom. The zero-order chi connectivity index (χ0) is 8.97. The third kappa shape index (κ3) is 2.27. The number of allylic oxidation sites excluding steroid dienone is 4. The molecular formula is C12H16. The Labute approximate surface area is 75.4 Å². The van der Waals surface area contributed by atoms with Gasteiger partial charge in [-0.1, -0.05) is 37.5 Å². The van der Waals surface area contributed by atoms with E-state index in [0.29, 0.717) is 5.92 Å². The summed E-state index contributed by atoms with van der Waals surface area (Å²) in [7, 11) is 0. The molecule has 0 aromatic carbocycles. The second kappa shape index (κ2) is 4.16. The van der Waals surface area contributed by atoms with Gasteiger partial charge in [0.2, 0.25) is 0 Å². The molecule has 0 saturated carbocycles. The van der Waals surface area contributed by atoms with E-state index in [-0.39, 0.29) is 0 Å². The third-order valence-corrected chi connectivity index (χ3v) is 2.21. The highest BCUT2D eigenvalue weighted by Gasteiger charge is 2.07. The minimum Gasteiger partial charge on any atom is -0.102 e. The molecule has 0 amide bonds. The topological polar surface area (TPSA) is 0 Å². The van der Waals surface area contributed by atoms with Gasteiger partial charge in [0.1, 0.15) is 0 Å². The van der Waals surface area contributed by atoms with Crippen LogP contribution in [0.5, 0.6) is 0 Å². The highest BCUT2D eigenvalue weighted by Crippen LogP contribution is 2.23. The molecule has 0 heterocycles. The van der Waals surface area contributed by atoms with Crippen molar-refractivity contribution in [1.29, 1.82) is 0 Å². The third-order valence-electron chi connectivity index (χ3n) is 2.21. The first-order valence-electron chi connectivity index (χ1n) is 4.56. The van der Waals surface area contributed by atoms with E-state index in [1.807, 2.05) is 6.92 Å². The monoisotopic (exact) mass is 160 g/mol. The van der Waals surface area contributed by atoms with Gasteiger partial charge in [0.25, 0.3) is 0 Å². The lowest BCUT2D eigenvalue weighted by Crippen LogP contribution is -1.98. The Bertz CT molecular complexity index is 266. The number of hydrogen-bond acceptors (Lipinski definition) is 0. The molecule has 0 saturated heterocycles. The molecule has 64 valence electrons. The van der Waals surface area contributed by atoms with E-state index in [1.165, 1.54) is 12.0 Å². The van der Waals surface area contributed by atoms with Crippen LogP contribution < -0.4 is 0 Å². The fourth-order valence-electron chi connectivity index (χ4n) is 1.40. The number of hydrogen-bond donors (Lipinski definition) is 0. The SMILES string of the molecule is CC#CC1=CC=C(C(C)C)CC1. The van der Waals surface area contributed by atoms with E-state index in [4.69, 9.17) is 0 Å². The van der Waals surface area contributed by atoms with Crippen molar-refractivity contribution >= 4 is 0 Å². The van der Waals surface area contributed by atoms with E-state index in [2.05, 4.69) is 37.8 Å². The normalized spacial score (nSPS) is 16.3. The molecule has 0 fully saturated rings. The van der Waals surface area contributed by atoms with Gasteiger partial charge in [0.05, 0.1) is 0 Å². The zero-order valence-corrected chi connectivity index (χ0v) is 8.15. The van der Waals surface area contributed by atoms with Gasteiger partial charge in [-0.25, -0.2) is 0 Å². The molecule has 0 bridgehead atoms. The van der Waals surface area contributed by atoms with Crippen LogP contribution in [-0.2, 0) is 0 Å². The highest BCUT2D eigenvalue weighted by atomic mass is 14.1. The lowest BCUT2D eigenvalue weighted by molar-refractivity contribution is 0.705. The van der Waals surface area contributed by atoms with Crippen molar-refractivity contribution in [3.8, 4) is 11.8 Å². The first-order chi connectivity index (χ1) is 5.74. The molecule has 0 atom stereocenters. The van der Waals surface area contributed by atoms with Crippen LogP contribution in [0.4, 0.5) is 0 Å². The predicted octanol–water partition coefficient (Wildman–Crippen LogP) is 3.31. The van der Waals surface area contributed by atoms with Crippen molar-refractivity contribution in [1.82, 2.24) is 0 Å². The highest BCUT2D eigenvalue weighted by molar-refractivity contribution is 5.36. The summed E-state index contributed by atoms with van der Waals surface area (Å²) in [6.45, 7) is 6.38. The van der Waals surface area contributed by atoms with Gasteiger partial charge in [0, 0.05) is 5.57 Å². The fourth-order valence-corrected chi connectivity index (χ4v) is 1.40. The summed E-state index contributed by atoms with van der Waals surface area (Å²) in [6.07, 6.45) is 6.71. The second-order valence-electron chi connectivity index (χ2n) is 3.46. The Morgan fingerprint density at radius 2 is 2.00 bits per heavy atom. The van der Waals surface area contributed by atoms with Crippen LogP contribution in [0.1, 0.15) is 33.6 Å². The van der Waals surface area contributed by atoms with E-state index in [0.717, 1.165) is 6.42 Å². The van der Waals surface area contributed by atoms with Crippen molar-refractivity contribution in [3.05, 3.63) is 23.3 Å². The predicted molar refractivity (Wildman–Crippen MR) is 53.7 cm³/mol. The van der Waals surface area contributed by atoms with Gasteiger partial charge < -0.3 is 0 Å². The fraction of sp³-hybridized carbons (Fsp3) is 0.500. The van der Waals surface area contributed by atoms with Gasteiger partial charge in [-0.3, -0.25) is 0 Å². The summed E-state index contributed by atoms with van der Waals surface area (Å²) < 4.78 is 0. The van der Waals surface area contributed by atoms with Crippen molar-refractivity contribution in [2.75, 3.05) is 0 Å². The van der Waals surface area contributed by atoms with Crippen LogP contribution in [0.15, 0.2) is 23.3 Å². The maximum atomic E-state index is 3.11. The second-order valence-corrected chi connectivity index (χ2v) is 3.46. The van der Waals surface area contributed by atoms with Gasteiger partial charge in [0.15, 0.2) is 0 Å². The molecule has 0 spiro atoms. The average Bonchev–Trinajstić information content (AvgIpc) is 2.06. The first kappa shape index (κ1) is 9.13. The molecule has 1 aliphatic rings. The maximum Gasteiger partial charge on any atom is 0.00233 e. The minimum absolute atomic E-state index is 0.692. The number of rotatable bonds is 1. The van der Waals surface area contributed by atoms with Crippen LogP contribution in [0, 0.1) is 17.8 Å². The zero-order valence-electron chi connectivity index (χ0n) is 8.15. The summed E-state index contributed by atoms with van der Waals surface area (Å²) in [6, 6.07) is 0. The molecule has 12 heavy (non-hydrogen) atoms. The summed E-state index contributed by atoms with van der Waals surface area (Å²) in [5.74, 6) is 6.74. The molecular weight excluding hydrogens is 144 g/mol. The van der Waals surface area contributed by atoms with Crippen molar-refractivity contribution in [2.45, 2.75) is 33.6 Å². The lowest BCUT2D eigenvalue weighted by Gasteiger charge is -2.14. The van der Waals surface area contributed by atoms with Crippen LogP contribution in [0.3, 0.4) is 0 Å². The maximum absolute atomic E-state index is 3.11. The van der Waals surface area contributed by atoms with Gasteiger partial charge in [-0.15, -0.1) is 5.92 Å². The Hall–Kier alpha value is -0.960. The molecule has 0 aromatic rings. The Balaban J connectivity index is 2.71. The van der Waals surface area contributed by atoms with Gasteiger partial charge in [-0.2, -0.15) is 0 Å². The molecule has 0 nitrogen and oxygen atoms in total. The molecule has 1 aliphatic carbocycles. The van der Waals surface area contributed by atoms with Crippen molar-refractivity contribution in [2.24, 2.45) is 5.92 Å². The van der Waals surface area contributed by atoms with Crippen LogP contribution in [0.2, 0.25) is 0 Å². The van der Waals surface area contributed by atoms with Gasteiger partial charge in [-0.05, 0) is 25.7 Å². The van der Waals surface area contributed by atoms with Crippen molar-refractivity contribution in [3.63, 3.8) is 0 Å². The van der Waals surface area contributed by atoms with Crippen LogP contribution >= 0.6 is 0 Å². The summed E-state index contributed by atoms with van der Waals surface area (Å²) >= 11 is 0. The lowest BCUT2D eigenvalue weighted by atomic mass is 9.91. The average molecular weight is 160 g/mol. The van der Waals surface area contributed by atoms with Crippen molar-refractivity contribution < 1.29 is 0 Å². The quantitative estimate of drug-likeness (QED) is 0.516. The smallest absolute Gasteiger partial charge is 0.00233 e. The Morgan fingerprint density at radius 3 is 2.42 bits per heavy atom. The van der Waals surface area contributed by atoms with Crippen LogP contribution in [0.25, 0.3) is 0 Å². The molecule has 0 N–H and O–H groups in total. The van der Waals surface area contributed by atoms with E-state index in [9.17, 15) is 0 Å². The standard InChI is InChI=1S/C12H16/c1-4-5-11-6-8-12(9-7-11)10(2)3/h6,8,10H,7,9H2,1-3H3. The minimum atomic E-state index is 0.692. The molecule has 0 aliphatic heterocycles. The first-order valence-corrected chi connectivity index (χ1v) is 4.56. The van der Waals surface area contributed by atoms with Crippen LogP contribution in [-0.4, -0.2) is 0 Å². The largest absolute Gasteiger partial charge is 0.102 e. The molecule has 0 unspecified atom stereocenters.